The van der Waals surface area contributed by atoms with Crippen LogP contribution >= 0.6 is 0 Å². The summed E-state index contributed by atoms with van der Waals surface area (Å²) in [4.78, 5) is 2.54. The van der Waals surface area contributed by atoms with Crippen LogP contribution in [0.15, 0.2) is 34.5 Å². The molecule has 0 radical (unpaired) electrons. The standard InChI is InChI=1S/C17H27N5O/c1-14-5-3-8-22(13-14)9-4-10-23-16-7-2-6-15(11-16)12-20-21-17(18)19/h2,6-7,11-12,14H,3-5,8-10,13H2,1H3,(H4,18,19,21). The van der Waals surface area contributed by atoms with Gasteiger partial charge in [-0.05, 0) is 49.4 Å². The molecule has 0 spiro atoms. The Hall–Kier alpha value is -2.08. The van der Waals surface area contributed by atoms with Crippen molar-refractivity contribution in [1.29, 1.82) is 0 Å². The fraction of sp³-hybridized carbons (Fsp3) is 0.529. The van der Waals surface area contributed by atoms with E-state index in [-0.39, 0.29) is 5.96 Å². The predicted octanol–water partition coefficient (Wildman–Crippen LogP) is 1.79. The first kappa shape index (κ1) is 17.3. The molecular formula is C17H27N5O. The van der Waals surface area contributed by atoms with E-state index in [0.29, 0.717) is 0 Å². The third-order valence-corrected chi connectivity index (χ3v) is 3.87. The van der Waals surface area contributed by atoms with Crippen molar-refractivity contribution in [3.05, 3.63) is 29.8 Å². The van der Waals surface area contributed by atoms with Crippen LogP contribution in [0.4, 0.5) is 0 Å². The highest BCUT2D eigenvalue weighted by atomic mass is 16.5. The van der Waals surface area contributed by atoms with Gasteiger partial charge in [-0.25, -0.2) is 0 Å². The zero-order valence-corrected chi connectivity index (χ0v) is 13.8. The summed E-state index contributed by atoms with van der Waals surface area (Å²) in [6, 6.07) is 7.72. The lowest BCUT2D eigenvalue weighted by Crippen LogP contribution is -2.35. The van der Waals surface area contributed by atoms with E-state index in [1.165, 1.54) is 25.9 Å². The molecule has 0 saturated carbocycles. The molecule has 1 aromatic carbocycles. The van der Waals surface area contributed by atoms with Gasteiger partial charge in [0, 0.05) is 13.1 Å². The van der Waals surface area contributed by atoms with Crippen molar-refractivity contribution in [3.8, 4) is 5.75 Å². The minimum atomic E-state index is -0.0549. The monoisotopic (exact) mass is 317 g/mol. The van der Waals surface area contributed by atoms with E-state index in [9.17, 15) is 0 Å². The van der Waals surface area contributed by atoms with Crippen LogP contribution in [0, 0.1) is 5.92 Å². The smallest absolute Gasteiger partial charge is 0.211 e. The normalized spacial score (nSPS) is 18.9. The number of hydrogen-bond donors (Lipinski definition) is 2. The number of likely N-dealkylation sites (tertiary alicyclic amines) is 1. The Bertz CT molecular complexity index is 540. The number of ether oxygens (including phenoxy) is 1. The summed E-state index contributed by atoms with van der Waals surface area (Å²) in [5, 5.41) is 7.38. The summed E-state index contributed by atoms with van der Waals surface area (Å²) in [6.07, 6.45) is 5.32. The maximum atomic E-state index is 5.82. The van der Waals surface area contributed by atoms with Gasteiger partial charge < -0.3 is 21.1 Å². The van der Waals surface area contributed by atoms with E-state index in [0.717, 1.165) is 36.8 Å². The van der Waals surface area contributed by atoms with E-state index in [1.807, 2.05) is 24.3 Å². The van der Waals surface area contributed by atoms with Gasteiger partial charge in [0.25, 0.3) is 0 Å². The highest BCUT2D eigenvalue weighted by Gasteiger charge is 2.15. The van der Waals surface area contributed by atoms with Crippen molar-refractivity contribution in [2.75, 3.05) is 26.2 Å². The molecule has 2 rings (SSSR count). The fourth-order valence-corrected chi connectivity index (χ4v) is 2.81. The van der Waals surface area contributed by atoms with Crippen LogP contribution in [0.2, 0.25) is 0 Å². The molecule has 126 valence electrons. The average molecular weight is 317 g/mol. The van der Waals surface area contributed by atoms with Gasteiger partial charge in [0.15, 0.2) is 0 Å². The number of nitrogens with two attached hydrogens (primary N) is 2. The molecule has 1 unspecified atom stereocenters. The van der Waals surface area contributed by atoms with Crippen LogP contribution in [-0.2, 0) is 0 Å². The molecule has 1 aliphatic heterocycles. The van der Waals surface area contributed by atoms with Crippen molar-refractivity contribution in [1.82, 2.24) is 4.90 Å². The van der Waals surface area contributed by atoms with Gasteiger partial charge in [0.1, 0.15) is 5.75 Å². The Labute approximate surface area is 138 Å². The van der Waals surface area contributed by atoms with E-state index < -0.39 is 0 Å². The second-order valence-electron chi connectivity index (χ2n) is 6.09. The summed E-state index contributed by atoms with van der Waals surface area (Å²) in [6.45, 7) is 6.60. The van der Waals surface area contributed by atoms with Gasteiger partial charge in [-0.3, -0.25) is 0 Å². The van der Waals surface area contributed by atoms with Gasteiger partial charge in [-0.1, -0.05) is 19.1 Å². The van der Waals surface area contributed by atoms with Crippen LogP contribution in [0.3, 0.4) is 0 Å². The summed E-state index contributed by atoms with van der Waals surface area (Å²) in [7, 11) is 0. The molecule has 6 nitrogen and oxygen atoms in total. The van der Waals surface area contributed by atoms with Gasteiger partial charge in [0.2, 0.25) is 5.96 Å². The molecule has 0 amide bonds. The van der Waals surface area contributed by atoms with Crippen molar-refractivity contribution in [2.24, 2.45) is 27.6 Å². The first-order chi connectivity index (χ1) is 11.1. The third-order valence-electron chi connectivity index (χ3n) is 3.87. The maximum absolute atomic E-state index is 5.82. The number of piperidine rings is 1. The number of nitrogens with zero attached hydrogens (tertiary/aromatic N) is 3. The first-order valence-electron chi connectivity index (χ1n) is 8.20. The van der Waals surface area contributed by atoms with Crippen molar-refractivity contribution in [2.45, 2.75) is 26.2 Å². The van der Waals surface area contributed by atoms with Gasteiger partial charge in [-0.15, -0.1) is 5.10 Å². The van der Waals surface area contributed by atoms with Crippen molar-refractivity contribution >= 4 is 12.2 Å². The summed E-state index contributed by atoms with van der Waals surface area (Å²) >= 11 is 0. The second-order valence-corrected chi connectivity index (χ2v) is 6.09. The molecule has 1 atom stereocenters. The maximum Gasteiger partial charge on any atom is 0.211 e. The minimum absolute atomic E-state index is 0.0549. The molecule has 1 aliphatic rings. The number of benzene rings is 1. The molecular weight excluding hydrogens is 290 g/mol. The molecule has 23 heavy (non-hydrogen) atoms. The zero-order chi connectivity index (χ0) is 16.5. The SMILES string of the molecule is CC1CCCN(CCCOc2cccc(C=NN=C(N)N)c2)C1. The Morgan fingerprint density at radius 2 is 2.30 bits per heavy atom. The Morgan fingerprint density at radius 1 is 1.43 bits per heavy atom. The lowest BCUT2D eigenvalue weighted by atomic mass is 10.0. The van der Waals surface area contributed by atoms with E-state index in [2.05, 4.69) is 22.0 Å². The minimum Gasteiger partial charge on any atom is -0.494 e. The lowest BCUT2D eigenvalue weighted by Gasteiger charge is -2.30. The molecule has 4 N–H and O–H groups in total. The molecule has 1 aromatic rings. The van der Waals surface area contributed by atoms with Crippen LogP contribution in [0.25, 0.3) is 0 Å². The van der Waals surface area contributed by atoms with Crippen LogP contribution in [0.5, 0.6) is 5.75 Å². The van der Waals surface area contributed by atoms with Crippen LogP contribution < -0.4 is 16.2 Å². The second kappa shape index (κ2) is 9.15. The van der Waals surface area contributed by atoms with E-state index in [4.69, 9.17) is 16.2 Å². The largest absolute Gasteiger partial charge is 0.494 e. The quantitative estimate of drug-likeness (QED) is 0.347. The highest BCUT2D eigenvalue weighted by Crippen LogP contribution is 2.16. The molecule has 1 fully saturated rings. The fourth-order valence-electron chi connectivity index (χ4n) is 2.81. The average Bonchev–Trinajstić information content (AvgIpc) is 2.52. The molecule has 0 aromatic heterocycles. The molecule has 1 heterocycles. The number of guanidine groups is 1. The summed E-state index contributed by atoms with van der Waals surface area (Å²) in [5.74, 6) is 1.61. The van der Waals surface area contributed by atoms with Gasteiger partial charge in [-0.2, -0.15) is 5.10 Å². The molecule has 0 bridgehead atoms. The van der Waals surface area contributed by atoms with Gasteiger partial charge in [0.05, 0.1) is 12.8 Å². The van der Waals surface area contributed by atoms with Crippen molar-refractivity contribution in [3.63, 3.8) is 0 Å². The van der Waals surface area contributed by atoms with Crippen LogP contribution in [-0.4, -0.2) is 43.3 Å². The Morgan fingerprint density at radius 3 is 3.09 bits per heavy atom. The summed E-state index contributed by atoms with van der Waals surface area (Å²) < 4.78 is 5.82. The Kier molecular flexibility index (Phi) is 6.87. The molecule has 6 heteroatoms. The zero-order valence-electron chi connectivity index (χ0n) is 13.8. The topological polar surface area (TPSA) is 89.2 Å². The van der Waals surface area contributed by atoms with Crippen LogP contribution in [0.1, 0.15) is 31.7 Å². The first-order valence-corrected chi connectivity index (χ1v) is 8.20. The highest BCUT2D eigenvalue weighted by molar-refractivity contribution is 5.81. The van der Waals surface area contributed by atoms with E-state index in [1.54, 1.807) is 6.21 Å². The van der Waals surface area contributed by atoms with Crippen molar-refractivity contribution < 1.29 is 4.74 Å². The Balaban J connectivity index is 1.73. The summed E-state index contributed by atoms with van der Waals surface area (Å²) in [5.41, 5.74) is 11.3. The van der Waals surface area contributed by atoms with E-state index >= 15 is 0 Å². The lowest BCUT2D eigenvalue weighted by molar-refractivity contribution is 0.170. The predicted molar refractivity (Wildman–Crippen MR) is 94.8 cm³/mol. The molecule has 1 saturated heterocycles. The number of rotatable bonds is 7. The third kappa shape index (κ3) is 6.69. The molecule has 0 aliphatic carbocycles. The van der Waals surface area contributed by atoms with Gasteiger partial charge >= 0.3 is 0 Å². The number of hydrogen-bond acceptors (Lipinski definition) is 4.